The molecule has 2 aromatic carbocycles. The van der Waals surface area contributed by atoms with Crippen molar-refractivity contribution in [3.05, 3.63) is 64.3 Å². The highest BCUT2D eigenvalue weighted by Crippen LogP contribution is 2.51. The first-order chi connectivity index (χ1) is 18.2. The van der Waals surface area contributed by atoms with Gasteiger partial charge >= 0.3 is 0 Å². The number of pyridine rings is 1. The molecule has 1 aliphatic rings. The second-order valence-electron chi connectivity index (χ2n) is 12.8. The van der Waals surface area contributed by atoms with Crippen LogP contribution in [-0.4, -0.2) is 0 Å². The van der Waals surface area contributed by atoms with Gasteiger partial charge in [0.1, 0.15) is 18.2 Å². The lowest BCUT2D eigenvalue weighted by Gasteiger charge is -2.42. The maximum Gasteiger partial charge on any atom is 0.216 e. The highest BCUT2D eigenvalue weighted by molar-refractivity contribution is 6.12. The largest absolute Gasteiger partial charge is 0.455 e. The van der Waals surface area contributed by atoms with Crippen molar-refractivity contribution in [1.29, 1.82) is 0 Å². The minimum absolute atomic E-state index is 0.00580. The third-order valence-electron chi connectivity index (χ3n) is 7.84. The van der Waals surface area contributed by atoms with Gasteiger partial charge in [0.15, 0.2) is 6.20 Å². The minimum Gasteiger partial charge on any atom is -0.455 e. The molecule has 0 atom stereocenters. The quantitative estimate of drug-likeness (QED) is 0.266. The van der Waals surface area contributed by atoms with Crippen molar-refractivity contribution in [3.63, 3.8) is 0 Å². The molecular formula is C33H42NO+. The standard InChI is InChI=1S/C33H42NO/c1-20-11-12-23-28-26(14-13-24-29(28)33(8,9)16-15-32(24,6)7)35-30(23)27(20)25-17-22(18-31(3,4)5)21(2)19-34(25)10/h11-14,17,19H,15-16,18H2,1-10H3/q+1/i2D3,18D2. The van der Waals surface area contributed by atoms with Gasteiger partial charge in [-0.25, -0.2) is 4.57 Å². The summed E-state index contributed by atoms with van der Waals surface area (Å²) >= 11 is 0. The van der Waals surface area contributed by atoms with Crippen molar-refractivity contribution in [2.45, 2.75) is 92.3 Å². The van der Waals surface area contributed by atoms with Crippen LogP contribution in [0.4, 0.5) is 0 Å². The SMILES string of the molecule is [2H]C([2H])([2H])c1c[n+](C)c(-c2c(C)ccc3c2oc2ccc4c(c23)C(C)(C)CCC4(C)C)cc1C([2H])([2H])C(C)(C)C. The van der Waals surface area contributed by atoms with Crippen molar-refractivity contribution in [2.24, 2.45) is 12.5 Å². The Morgan fingerprint density at radius 2 is 1.74 bits per heavy atom. The zero-order chi connectivity index (χ0) is 29.8. The molecule has 1 aliphatic carbocycles. The third kappa shape index (κ3) is 3.90. The van der Waals surface area contributed by atoms with Crippen LogP contribution in [0.3, 0.4) is 0 Å². The Labute approximate surface area is 218 Å². The van der Waals surface area contributed by atoms with E-state index in [4.69, 9.17) is 11.3 Å². The van der Waals surface area contributed by atoms with E-state index in [2.05, 4.69) is 52.0 Å². The molecule has 0 fully saturated rings. The fourth-order valence-corrected chi connectivity index (χ4v) is 5.90. The Morgan fingerprint density at radius 3 is 2.43 bits per heavy atom. The summed E-state index contributed by atoms with van der Waals surface area (Å²) in [5.41, 5.74) is 6.37. The summed E-state index contributed by atoms with van der Waals surface area (Å²) in [6, 6.07) is 10.3. The Balaban J connectivity index is 1.89. The molecule has 184 valence electrons. The number of benzene rings is 2. The molecule has 5 rings (SSSR count). The number of fused-ring (bicyclic) bond motifs is 5. The maximum atomic E-state index is 9.04. The van der Waals surface area contributed by atoms with Crippen molar-refractivity contribution in [1.82, 2.24) is 0 Å². The van der Waals surface area contributed by atoms with E-state index in [-0.39, 0.29) is 22.0 Å². The molecule has 0 bridgehead atoms. The Morgan fingerprint density at radius 1 is 1.03 bits per heavy atom. The minimum atomic E-state index is -2.46. The van der Waals surface area contributed by atoms with E-state index in [0.717, 1.165) is 51.6 Å². The number of nitrogens with zero attached hydrogens (tertiary/aromatic N) is 1. The third-order valence-corrected chi connectivity index (χ3v) is 7.84. The van der Waals surface area contributed by atoms with Gasteiger partial charge < -0.3 is 4.42 Å². The van der Waals surface area contributed by atoms with Crippen LogP contribution in [0.15, 0.2) is 40.9 Å². The van der Waals surface area contributed by atoms with Gasteiger partial charge in [-0.3, -0.25) is 0 Å². The summed E-state index contributed by atoms with van der Waals surface area (Å²) in [5.74, 6) is 0. The first-order valence-corrected chi connectivity index (χ1v) is 12.7. The molecule has 2 heteroatoms. The van der Waals surface area contributed by atoms with E-state index < -0.39 is 18.6 Å². The number of hydrogen-bond donors (Lipinski definition) is 0. The Bertz CT molecular complexity index is 1660. The first kappa shape index (κ1) is 18.6. The summed E-state index contributed by atoms with van der Waals surface area (Å²) in [5, 5.41) is 2.19. The molecule has 2 aromatic heterocycles. The zero-order valence-electron chi connectivity index (χ0n) is 27.7. The molecule has 2 nitrogen and oxygen atoms in total. The smallest absolute Gasteiger partial charge is 0.216 e. The van der Waals surface area contributed by atoms with Crippen LogP contribution in [0, 0.1) is 19.2 Å². The van der Waals surface area contributed by atoms with E-state index in [1.165, 1.54) is 11.1 Å². The van der Waals surface area contributed by atoms with Crippen LogP contribution in [-0.2, 0) is 24.3 Å². The number of furan rings is 1. The average molecular weight is 474 g/mol. The second-order valence-corrected chi connectivity index (χ2v) is 12.8. The van der Waals surface area contributed by atoms with Crippen molar-refractivity contribution in [2.75, 3.05) is 0 Å². The van der Waals surface area contributed by atoms with Crippen LogP contribution in [0.2, 0.25) is 0 Å². The summed E-state index contributed by atoms with van der Waals surface area (Å²) in [4.78, 5) is 0. The van der Waals surface area contributed by atoms with Crippen molar-refractivity contribution < 1.29 is 15.8 Å². The summed E-state index contributed by atoms with van der Waals surface area (Å²) in [6.07, 6.45) is 1.91. The van der Waals surface area contributed by atoms with Crippen LogP contribution >= 0.6 is 0 Å². The lowest BCUT2D eigenvalue weighted by molar-refractivity contribution is -0.660. The molecule has 0 unspecified atom stereocenters. The second kappa shape index (κ2) is 7.69. The molecule has 0 amide bonds. The van der Waals surface area contributed by atoms with Gasteiger partial charge in [-0.2, -0.15) is 0 Å². The monoisotopic (exact) mass is 473 g/mol. The normalized spacial score (nSPS) is 20.1. The maximum absolute atomic E-state index is 9.04. The van der Waals surface area contributed by atoms with Gasteiger partial charge in [0.25, 0.3) is 0 Å². The Kier molecular flexibility index (Phi) is 4.09. The van der Waals surface area contributed by atoms with E-state index in [1.807, 2.05) is 14.0 Å². The van der Waals surface area contributed by atoms with Crippen LogP contribution in [0.5, 0.6) is 0 Å². The molecule has 4 aromatic rings. The molecule has 0 aliphatic heterocycles. The predicted molar refractivity (Wildman–Crippen MR) is 148 cm³/mol. The van der Waals surface area contributed by atoms with Gasteiger partial charge in [0.2, 0.25) is 5.69 Å². The van der Waals surface area contributed by atoms with Crippen LogP contribution in [0.1, 0.15) is 96.0 Å². The molecule has 0 saturated carbocycles. The Hall–Kier alpha value is -2.61. The first-order valence-electron chi connectivity index (χ1n) is 15.2. The highest BCUT2D eigenvalue weighted by Gasteiger charge is 2.39. The van der Waals surface area contributed by atoms with E-state index in [9.17, 15) is 0 Å². The summed E-state index contributed by atoms with van der Waals surface area (Å²) in [6.45, 7) is 14.3. The topological polar surface area (TPSA) is 17.0 Å². The molecule has 0 N–H and O–H groups in total. The van der Waals surface area contributed by atoms with E-state index >= 15 is 0 Å². The van der Waals surface area contributed by atoms with Crippen molar-refractivity contribution >= 4 is 21.9 Å². The zero-order valence-corrected chi connectivity index (χ0v) is 22.7. The number of aromatic nitrogens is 1. The molecule has 35 heavy (non-hydrogen) atoms. The number of aryl methyl sites for hydroxylation is 3. The van der Waals surface area contributed by atoms with Gasteiger partial charge in [0, 0.05) is 29.3 Å². The lowest BCUT2D eigenvalue weighted by Crippen LogP contribution is -2.33. The molecule has 0 spiro atoms. The number of hydrogen-bond acceptors (Lipinski definition) is 1. The van der Waals surface area contributed by atoms with E-state index in [1.54, 1.807) is 37.6 Å². The van der Waals surface area contributed by atoms with Crippen LogP contribution in [0.25, 0.3) is 33.2 Å². The molecule has 0 radical (unpaired) electrons. The summed E-state index contributed by atoms with van der Waals surface area (Å²) in [7, 11) is 1.83. The van der Waals surface area contributed by atoms with Gasteiger partial charge in [-0.15, -0.1) is 0 Å². The predicted octanol–water partition coefficient (Wildman–Crippen LogP) is 8.63. The molecule has 0 saturated heterocycles. The average Bonchev–Trinajstić information content (AvgIpc) is 3.19. The van der Waals surface area contributed by atoms with Gasteiger partial charge in [0.05, 0.1) is 5.56 Å². The molecule has 2 heterocycles. The van der Waals surface area contributed by atoms with Crippen LogP contribution < -0.4 is 4.57 Å². The fourth-order valence-electron chi connectivity index (χ4n) is 5.90. The lowest BCUT2D eigenvalue weighted by atomic mass is 9.62. The fraction of sp³-hybridized carbons (Fsp3) is 0.485. The summed E-state index contributed by atoms with van der Waals surface area (Å²) < 4.78 is 51.2. The van der Waals surface area contributed by atoms with E-state index in [0.29, 0.717) is 0 Å². The van der Waals surface area contributed by atoms with Gasteiger partial charge in [-0.05, 0) is 77.6 Å². The van der Waals surface area contributed by atoms with Crippen molar-refractivity contribution in [3.8, 4) is 11.3 Å². The highest BCUT2D eigenvalue weighted by atomic mass is 16.3. The number of rotatable bonds is 2. The van der Waals surface area contributed by atoms with Gasteiger partial charge in [-0.1, -0.05) is 66.7 Å². The molecular weight excluding hydrogens is 426 g/mol.